The molecule has 1 aliphatic heterocycles. The van der Waals surface area contributed by atoms with Crippen LogP contribution in [0.3, 0.4) is 0 Å². The maximum absolute atomic E-state index is 5.58. The molecule has 0 N–H and O–H groups in total. The van der Waals surface area contributed by atoms with E-state index in [4.69, 9.17) is 4.74 Å². The summed E-state index contributed by atoms with van der Waals surface area (Å²) in [6.45, 7) is 11.1. The predicted octanol–water partition coefficient (Wildman–Crippen LogP) is 2.45. The summed E-state index contributed by atoms with van der Waals surface area (Å²) in [4.78, 5) is 2.45. The molecule has 1 atom stereocenters. The van der Waals surface area contributed by atoms with Crippen molar-refractivity contribution in [1.29, 1.82) is 0 Å². The van der Waals surface area contributed by atoms with E-state index in [0.717, 1.165) is 44.9 Å². The molecule has 4 nitrogen and oxygen atoms in total. The summed E-state index contributed by atoms with van der Waals surface area (Å²) < 4.78 is 8.88. The standard InChI is InChI=1S/C13H22BrN3O/c1-4-11-13(14)12(17(5-2)15-11)9-16-6-7-18-10(3)8-16/h10H,4-9H2,1-3H3. The average molecular weight is 316 g/mol. The van der Waals surface area contributed by atoms with Gasteiger partial charge in [0.1, 0.15) is 0 Å². The monoisotopic (exact) mass is 315 g/mol. The van der Waals surface area contributed by atoms with Gasteiger partial charge >= 0.3 is 0 Å². The van der Waals surface area contributed by atoms with Crippen LogP contribution >= 0.6 is 15.9 Å². The van der Waals surface area contributed by atoms with E-state index in [1.165, 1.54) is 10.2 Å². The lowest BCUT2D eigenvalue weighted by Crippen LogP contribution is -2.40. The van der Waals surface area contributed by atoms with Crippen molar-refractivity contribution >= 4 is 15.9 Å². The van der Waals surface area contributed by atoms with Crippen molar-refractivity contribution in [3.8, 4) is 0 Å². The third-order valence-corrected chi connectivity index (χ3v) is 4.31. The maximum atomic E-state index is 5.58. The highest BCUT2D eigenvalue weighted by molar-refractivity contribution is 9.10. The van der Waals surface area contributed by atoms with E-state index in [1.807, 2.05) is 0 Å². The molecule has 1 fully saturated rings. The Hall–Kier alpha value is -0.390. The molecule has 0 bridgehead atoms. The average Bonchev–Trinajstić information content (AvgIpc) is 2.66. The summed E-state index contributed by atoms with van der Waals surface area (Å²) in [5.74, 6) is 0. The highest BCUT2D eigenvalue weighted by atomic mass is 79.9. The summed E-state index contributed by atoms with van der Waals surface area (Å²) >= 11 is 3.70. The predicted molar refractivity (Wildman–Crippen MR) is 75.7 cm³/mol. The summed E-state index contributed by atoms with van der Waals surface area (Å²) in [6.07, 6.45) is 1.31. The SMILES string of the molecule is CCc1nn(CC)c(CN2CCOC(C)C2)c1Br. The number of aromatic nitrogens is 2. The van der Waals surface area contributed by atoms with Gasteiger partial charge in [-0.25, -0.2) is 0 Å². The Morgan fingerprint density at radius 3 is 2.83 bits per heavy atom. The van der Waals surface area contributed by atoms with E-state index in [9.17, 15) is 0 Å². The molecule has 1 saturated heterocycles. The topological polar surface area (TPSA) is 30.3 Å². The molecular formula is C13H22BrN3O. The van der Waals surface area contributed by atoms with Gasteiger partial charge in [0.15, 0.2) is 0 Å². The van der Waals surface area contributed by atoms with Crippen molar-refractivity contribution < 1.29 is 4.74 Å². The molecule has 1 aromatic heterocycles. The zero-order valence-electron chi connectivity index (χ0n) is 11.4. The van der Waals surface area contributed by atoms with Crippen LogP contribution in [0.4, 0.5) is 0 Å². The normalized spacial score (nSPS) is 21.4. The van der Waals surface area contributed by atoms with Gasteiger partial charge in [0.2, 0.25) is 0 Å². The summed E-state index contributed by atoms with van der Waals surface area (Å²) in [5.41, 5.74) is 2.46. The molecule has 1 aromatic rings. The van der Waals surface area contributed by atoms with Crippen LogP contribution in [0.1, 0.15) is 32.2 Å². The minimum absolute atomic E-state index is 0.334. The van der Waals surface area contributed by atoms with E-state index >= 15 is 0 Å². The summed E-state index contributed by atoms with van der Waals surface area (Å²) in [7, 11) is 0. The Kier molecular flexibility index (Phi) is 4.81. The van der Waals surface area contributed by atoms with Crippen LogP contribution in [0, 0.1) is 0 Å². The first-order chi connectivity index (χ1) is 8.65. The number of nitrogens with zero attached hydrogens (tertiary/aromatic N) is 3. The zero-order valence-corrected chi connectivity index (χ0v) is 13.0. The fourth-order valence-corrected chi connectivity index (χ4v) is 3.10. The Morgan fingerprint density at radius 2 is 2.22 bits per heavy atom. The first-order valence-corrected chi connectivity index (χ1v) is 7.53. The van der Waals surface area contributed by atoms with Gasteiger partial charge in [-0.1, -0.05) is 6.92 Å². The molecule has 102 valence electrons. The number of aryl methyl sites for hydroxylation is 2. The van der Waals surface area contributed by atoms with Crippen LogP contribution in [0.5, 0.6) is 0 Å². The number of hydrogen-bond acceptors (Lipinski definition) is 3. The van der Waals surface area contributed by atoms with Gasteiger partial charge < -0.3 is 4.74 Å². The largest absolute Gasteiger partial charge is 0.376 e. The van der Waals surface area contributed by atoms with E-state index in [1.54, 1.807) is 0 Å². The van der Waals surface area contributed by atoms with Gasteiger partial charge in [-0.05, 0) is 36.2 Å². The second-order valence-corrected chi connectivity index (χ2v) is 5.59. The molecule has 0 saturated carbocycles. The summed E-state index contributed by atoms with van der Waals surface area (Å²) in [5, 5.41) is 4.64. The smallest absolute Gasteiger partial charge is 0.0767 e. The molecule has 0 amide bonds. The lowest BCUT2D eigenvalue weighted by molar-refractivity contribution is -0.0220. The summed E-state index contributed by atoms with van der Waals surface area (Å²) in [6, 6.07) is 0. The second-order valence-electron chi connectivity index (χ2n) is 4.79. The van der Waals surface area contributed by atoms with E-state index in [-0.39, 0.29) is 0 Å². The first kappa shape index (κ1) is 14.0. The molecule has 2 rings (SSSR count). The molecule has 1 aliphatic rings. The number of morpholine rings is 1. The van der Waals surface area contributed by atoms with Crippen LogP contribution in [-0.4, -0.2) is 40.5 Å². The van der Waals surface area contributed by atoms with Gasteiger partial charge in [-0.3, -0.25) is 9.58 Å². The number of hydrogen-bond donors (Lipinski definition) is 0. The van der Waals surface area contributed by atoms with E-state index in [0.29, 0.717) is 6.10 Å². The van der Waals surface area contributed by atoms with Crippen LogP contribution in [0.2, 0.25) is 0 Å². The zero-order chi connectivity index (χ0) is 13.1. The minimum atomic E-state index is 0.334. The molecule has 0 aromatic carbocycles. The quantitative estimate of drug-likeness (QED) is 0.855. The fraction of sp³-hybridized carbons (Fsp3) is 0.769. The van der Waals surface area contributed by atoms with Gasteiger partial charge in [-0.15, -0.1) is 0 Å². The minimum Gasteiger partial charge on any atom is -0.376 e. The molecule has 18 heavy (non-hydrogen) atoms. The number of rotatable bonds is 4. The molecule has 0 spiro atoms. The lowest BCUT2D eigenvalue weighted by Gasteiger charge is -2.31. The van der Waals surface area contributed by atoms with Crippen LogP contribution < -0.4 is 0 Å². The third kappa shape index (κ3) is 2.95. The van der Waals surface area contributed by atoms with Gasteiger partial charge in [-0.2, -0.15) is 5.10 Å². The van der Waals surface area contributed by atoms with Crippen molar-refractivity contribution in [2.24, 2.45) is 0 Å². The maximum Gasteiger partial charge on any atom is 0.0767 e. The number of ether oxygens (including phenoxy) is 1. The Bertz CT molecular complexity index is 405. The molecule has 0 radical (unpaired) electrons. The first-order valence-electron chi connectivity index (χ1n) is 6.73. The van der Waals surface area contributed by atoms with E-state index < -0.39 is 0 Å². The third-order valence-electron chi connectivity index (χ3n) is 3.39. The van der Waals surface area contributed by atoms with Crippen molar-refractivity contribution in [3.05, 3.63) is 15.9 Å². The fourth-order valence-electron chi connectivity index (χ4n) is 2.41. The van der Waals surface area contributed by atoms with Crippen LogP contribution in [0.25, 0.3) is 0 Å². The van der Waals surface area contributed by atoms with Crippen LogP contribution in [-0.2, 0) is 24.2 Å². The van der Waals surface area contributed by atoms with Gasteiger partial charge in [0, 0.05) is 26.2 Å². The second kappa shape index (κ2) is 6.17. The molecule has 0 aliphatic carbocycles. The van der Waals surface area contributed by atoms with Gasteiger partial charge in [0.25, 0.3) is 0 Å². The van der Waals surface area contributed by atoms with Crippen molar-refractivity contribution in [3.63, 3.8) is 0 Å². The Labute approximate surface area is 117 Å². The van der Waals surface area contributed by atoms with Crippen molar-refractivity contribution in [1.82, 2.24) is 14.7 Å². The molecular weight excluding hydrogens is 294 g/mol. The van der Waals surface area contributed by atoms with Gasteiger partial charge in [0.05, 0.1) is 28.6 Å². The molecule has 1 unspecified atom stereocenters. The highest BCUT2D eigenvalue weighted by Crippen LogP contribution is 2.24. The molecule has 2 heterocycles. The number of halogens is 1. The van der Waals surface area contributed by atoms with Crippen molar-refractivity contribution in [2.45, 2.75) is 46.4 Å². The van der Waals surface area contributed by atoms with Crippen LogP contribution in [0.15, 0.2) is 4.47 Å². The van der Waals surface area contributed by atoms with Crippen molar-refractivity contribution in [2.75, 3.05) is 19.7 Å². The lowest BCUT2D eigenvalue weighted by atomic mass is 10.2. The van der Waals surface area contributed by atoms with E-state index in [2.05, 4.69) is 51.4 Å². The molecule has 5 heteroatoms. The highest BCUT2D eigenvalue weighted by Gasteiger charge is 2.21. The Morgan fingerprint density at radius 1 is 1.44 bits per heavy atom. The Balaban J connectivity index is 2.14.